The minimum Gasteiger partial charge on any atom is -0.469 e. The van der Waals surface area contributed by atoms with E-state index in [4.69, 9.17) is 5.73 Å². The normalized spacial score (nSPS) is 11.1. The van der Waals surface area contributed by atoms with Gasteiger partial charge in [-0.3, -0.25) is 9.59 Å². The van der Waals surface area contributed by atoms with Crippen molar-refractivity contribution in [2.24, 2.45) is 5.73 Å². The van der Waals surface area contributed by atoms with E-state index in [1.807, 2.05) is 0 Å². The van der Waals surface area contributed by atoms with Gasteiger partial charge in [-0.15, -0.1) is 0 Å². The fourth-order valence-electron chi connectivity index (χ4n) is 0.966. The second-order valence-corrected chi connectivity index (χ2v) is 2.96. The molecule has 0 aromatic rings. The van der Waals surface area contributed by atoms with Gasteiger partial charge in [0.15, 0.2) is 0 Å². The third-order valence-electron chi connectivity index (χ3n) is 1.71. The molecule has 0 bridgehead atoms. The van der Waals surface area contributed by atoms with E-state index in [9.17, 15) is 22.8 Å². The summed E-state index contributed by atoms with van der Waals surface area (Å²) in [6, 6.07) is 0. The molecule has 0 saturated carbocycles. The number of hydrogen-bond donors (Lipinski definition) is 1. The van der Waals surface area contributed by atoms with Gasteiger partial charge in [-0.05, 0) is 0 Å². The number of carbonyl (C=O) groups is 2. The lowest BCUT2D eigenvalue weighted by Crippen LogP contribution is -2.43. The summed E-state index contributed by atoms with van der Waals surface area (Å²) in [4.78, 5) is 22.2. The topological polar surface area (TPSA) is 72.6 Å². The Kier molecular flexibility index (Phi) is 5.79. The second-order valence-electron chi connectivity index (χ2n) is 2.96. The molecular weight excluding hydrogens is 229 g/mol. The molecule has 8 heteroatoms. The Morgan fingerprint density at radius 3 is 2.31 bits per heavy atom. The number of carbonyl (C=O) groups excluding carboxylic acids is 2. The average molecular weight is 242 g/mol. The van der Waals surface area contributed by atoms with Gasteiger partial charge in [0.1, 0.15) is 6.54 Å². The van der Waals surface area contributed by atoms with Crippen molar-refractivity contribution in [1.82, 2.24) is 4.90 Å². The maximum absolute atomic E-state index is 12.1. The van der Waals surface area contributed by atoms with Crippen molar-refractivity contribution >= 4 is 11.9 Å². The van der Waals surface area contributed by atoms with E-state index < -0.39 is 31.1 Å². The molecule has 0 fully saturated rings. The van der Waals surface area contributed by atoms with Crippen molar-refractivity contribution in [1.29, 1.82) is 0 Å². The molecular formula is C8H13F3N2O3. The van der Waals surface area contributed by atoms with Crippen molar-refractivity contribution in [3.05, 3.63) is 0 Å². The third kappa shape index (κ3) is 6.23. The lowest BCUT2D eigenvalue weighted by atomic mass is 10.3. The largest absolute Gasteiger partial charge is 0.469 e. The number of halogens is 3. The van der Waals surface area contributed by atoms with E-state index in [2.05, 4.69) is 4.74 Å². The molecule has 0 atom stereocenters. The molecule has 5 nitrogen and oxygen atoms in total. The lowest BCUT2D eigenvalue weighted by molar-refractivity contribution is -0.161. The number of ether oxygens (including phenoxy) is 1. The van der Waals surface area contributed by atoms with Crippen molar-refractivity contribution in [2.45, 2.75) is 12.6 Å². The molecule has 0 rings (SSSR count). The van der Waals surface area contributed by atoms with Crippen molar-refractivity contribution in [3.63, 3.8) is 0 Å². The minimum absolute atomic E-state index is 0.293. The molecule has 0 spiro atoms. The minimum atomic E-state index is -4.51. The summed E-state index contributed by atoms with van der Waals surface area (Å²) in [6.07, 6.45) is -4.81. The maximum Gasteiger partial charge on any atom is 0.406 e. The second kappa shape index (κ2) is 6.31. The zero-order valence-electron chi connectivity index (χ0n) is 8.71. The molecule has 0 aromatic carbocycles. The first-order valence-electron chi connectivity index (χ1n) is 4.41. The molecule has 16 heavy (non-hydrogen) atoms. The number of amides is 1. The Bertz CT molecular complexity index is 255. The highest BCUT2D eigenvalue weighted by Gasteiger charge is 2.32. The molecule has 0 aliphatic heterocycles. The van der Waals surface area contributed by atoms with Crippen LogP contribution in [-0.4, -0.2) is 49.7 Å². The Balaban J connectivity index is 4.33. The molecule has 2 N–H and O–H groups in total. The molecule has 0 aliphatic carbocycles. The zero-order chi connectivity index (χ0) is 12.8. The first-order valence-corrected chi connectivity index (χ1v) is 4.41. The number of methoxy groups -OCH3 is 1. The van der Waals surface area contributed by atoms with Gasteiger partial charge < -0.3 is 15.4 Å². The van der Waals surface area contributed by atoms with E-state index in [0.717, 1.165) is 7.11 Å². The van der Waals surface area contributed by atoms with Crippen LogP contribution in [0.1, 0.15) is 6.42 Å². The number of esters is 1. The van der Waals surface area contributed by atoms with Gasteiger partial charge in [0.25, 0.3) is 0 Å². The Morgan fingerprint density at radius 1 is 1.38 bits per heavy atom. The molecule has 0 aliphatic rings. The van der Waals surface area contributed by atoms with Crippen LogP contribution in [0.3, 0.4) is 0 Å². The van der Waals surface area contributed by atoms with Gasteiger partial charge in [0.2, 0.25) is 5.91 Å². The Hall–Kier alpha value is -1.31. The first kappa shape index (κ1) is 14.7. The first-order chi connectivity index (χ1) is 7.30. The lowest BCUT2D eigenvalue weighted by Gasteiger charge is -2.22. The summed E-state index contributed by atoms with van der Waals surface area (Å²) in [7, 11) is 1.11. The van der Waals surface area contributed by atoms with Crippen LogP contribution in [0.4, 0.5) is 13.2 Å². The fraction of sp³-hybridized carbons (Fsp3) is 0.750. The maximum atomic E-state index is 12.1. The molecule has 1 amide bonds. The summed E-state index contributed by atoms with van der Waals surface area (Å²) in [6.45, 7) is -2.31. The van der Waals surface area contributed by atoms with E-state index >= 15 is 0 Å². The van der Waals surface area contributed by atoms with Crippen LogP contribution in [0.15, 0.2) is 0 Å². The summed E-state index contributed by atoms with van der Waals surface area (Å²) in [5, 5.41) is 0. The van der Waals surface area contributed by atoms with Crippen molar-refractivity contribution < 1.29 is 27.5 Å². The molecule has 0 heterocycles. The smallest absolute Gasteiger partial charge is 0.406 e. The molecule has 0 radical (unpaired) electrons. The van der Waals surface area contributed by atoms with E-state index in [-0.39, 0.29) is 13.0 Å². The van der Waals surface area contributed by atoms with Crippen LogP contribution in [0, 0.1) is 0 Å². The highest BCUT2D eigenvalue weighted by Crippen LogP contribution is 2.16. The summed E-state index contributed by atoms with van der Waals surface area (Å²) in [5.41, 5.74) is 4.96. The predicted octanol–water partition coefficient (Wildman–Crippen LogP) is -0.101. The van der Waals surface area contributed by atoms with Crippen molar-refractivity contribution in [3.8, 4) is 0 Å². The molecule has 94 valence electrons. The number of hydrogen-bond acceptors (Lipinski definition) is 4. The van der Waals surface area contributed by atoms with Crippen LogP contribution in [0.5, 0.6) is 0 Å². The van der Waals surface area contributed by atoms with Gasteiger partial charge >= 0.3 is 12.1 Å². The van der Waals surface area contributed by atoms with Gasteiger partial charge in [0, 0.05) is 6.54 Å². The van der Waals surface area contributed by atoms with E-state index in [1.54, 1.807) is 0 Å². The third-order valence-corrected chi connectivity index (χ3v) is 1.71. The number of nitrogens with zero attached hydrogens (tertiary/aromatic N) is 1. The average Bonchev–Trinajstić information content (AvgIpc) is 2.20. The van der Waals surface area contributed by atoms with E-state index in [1.165, 1.54) is 0 Å². The molecule has 0 unspecified atom stereocenters. The number of nitrogens with two attached hydrogens (primary N) is 1. The Morgan fingerprint density at radius 2 is 1.94 bits per heavy atom. The number of rotatable bonds is 5. The number of alkyl halides is 3. The van der Waals surface area contributed by atoms with Gasteiger partial charge in [-0.2, -0.15) is 13.2 Å². The van der Waals surface area contributed by atoms with Gasteiger partial charge in [0.05, 0.1) is 20.1 Å². The van der Waals surface area contributed by atoms with Crippen LogP contribution in [0.25, 0.3) is 0 Å². The molecule has 0 aromatic heterocycles. The van der Waals surface area contributed by atoms with E-state index in [0.29, 0.717) is 4.90 Å². The Labute approximate surface area is 90.3 Å². The summed E-state index contributed by atoms with van der Waals surface area (Å²) < 4.78 is 40.4. The monoisotopic (exact) mass is 242 g/mol. The molecule has 0 saturated heterocycles. The summed E-state index contributed by atoms with van der Waals surface area (Å²) >= 11 is 0. The zero-order valence-corrected chi connectivity index (χ0v) is 8.71. The fourth-order valence-corrected chi connectivity index (χ4v) is 0.966. The highest BCUT2D eigenvalue weighted by molar-refractivity contribution is 5.78. The quantitative estimate of drug-likeness (QED) is 0.683. The van der Waals surface area contributed by atoms with Crippen LogP contribution < -0.4 is 5.73 Å². The van der Waals surface area contributed by atoms with Gasteiger partial charge in [-0.1, -0.05) is 0 Å². The SMILES string of the molecule is COC(=O)CCN(CC(F)(F)F)C(=O)CN. The van der Waals surface area contributed by atoms with Crippen LogP contribution in [-0.2, 0) is 14.3 Å². The van der Waals surface area contributed by atoms with Crippen molar-refractivity contribution in [2.75, 3.05) is 26.7 Å². The predicted molar refractivity (Wildman–Crippen MR) is 48.3 cm³/mol. The van der Waals surface area contributed by atoms with Crippen LogP contribution in [0.2, 0.25) is 0 Å². The summed E-state index contributed by atoms with van der Waals surface area (Å²) in [5.74, 6) is -1.54. The standard InChI is InChI=1S/C8H13F3N2O3/c1-16-7(15)2-3-13(6(14)4-12)5-8(9,10)11/h2-5,12H2,1H3. The highest BCUT2D eigenvalue weighted by atomic mass is 19.4. The van der Waals surface area contributed by atoms with Gasteiger partial charge in [-0.25, -0.2) is 0 Å². The van der Waals surface area contributed by atoms with Crippen LogP contribution >= 0.6 is 0 Å².